The van der Waals surface area contributed by atoms with E-state index in [1.54, 1.807) is 7.11 Å². The molecule has 0 aliphatic carbocycles. The van der Waals surface area contributed by atoms with E-state index in [9.17, 15) is 0 Å². The quantitative estimate of drug-likeness (QED) is 0.856. The number of hydrogen-bond donors (Lipinski definition) is 1. The van der Waals surface area contributed by atoms with Crippen molar-refractivity contribution in [2.75, 3.05) is 7.11 Å². The maximum absolute atomic E-state index is 5.61. The second-order valence-corrected chi connectivity index (χ2v) is 3.79. The lowest BCUT2D eigenvalue weighted by Crippen LogP contribution is -1.96. The minimum atomic E-state index is 0.449. The Kier molecular flexibility index (Phi) is 2.94. The number of rotatable bonds is 3. The highest BCUT2D eigenvalue weighted by Gasteiger charge is 2.12. The Morgan fingerprint density at radius 2 is 2.20 bits per heavy atom. The molecule has 2 N–H and O–H groups in total. The van der Waals surface area contributed by atoms with E-state index in [2.05, 4.69) is 9.59 Å². The minimum Gasteiger partial charge on any atom is -0.496 e. The smallest absolute Gasteiger partial charge is 0.128 e. The number of methoxy groups -OCH3 is 1. The van der Waals surface area contributed by atoms with Gasteiger partial charge in [0.05, 0.1) is 12.0 Å². The van der Waals surface area contributed by atoms with Crippen molar-refractivity contribution in [3.63, 3.8) is 0 Å². The van der Waals surface area contributed by atoms with Crippen molar-refractivity contribution in [3.05, 3.63) is 29.1 Å². The fraction of sp³-hybridized carbons (Fsp3) is 0.200. The first kappa shape index (κ1) is 10.1. The van der Waals surface area contributed by atoms with Crippen LogP contribution < -0.4 is 10.5 Å². The molecule has 15 heavy (non-hydrogen) atoms. The summed E-state index contributed by atoms with van der Waals surface area (Å²) >= 11 is 1.32. The summed E-state index contributed by atoms with van der Waals surface area (Å²) in [5.74, 6) is 0.792. The van der Waals surface area contributed by atoms with Crippen LogP contribution >= 0.6 is 11.5 Å². The van der Waals surface area contributed by atoms with Gasteiger partial charge in [0.2, 0.25) is 0 Å². The predicted octanol–water partition coefficient (Wildman–Crippen LogP) is 1.67. The topological polar surface area (TPSA) is 61.0 Å². The van der Waals surface area contributed by atoms with E-state index >= 15 is 0 Å². The number of para-hydroxylation sites is 1. The van der Waals surface area contributed by atoms with Gasteiger partial charge >= 0.3 is 0 Å². The molecule has 0 saturated carbocycles. The predicted molar refractivity (Wildman–Crippen MR) is 59.8 cm³/mol. The van der Waals surface area contributed by atoms with E-state index in [-0.39, 0.29) is 0 Å². The summed E-state index contributed by atoms with van der Waals surface area (Å²) < 4.78 is 9.17. The highest BCUT2D eigenvalue weighted by atomic mass is 32.1. The number of nitrogens with two attached hydrogens (primary N) is 1. The van der Waals surface area contributed by atoms with Gasteiger partial charge in [-0.1, -0.05) is 16.6 Å². The van der Waals surface area contributed by atoms with E-state index in [1.165, 1.54) is 11.5 Å². The van der Waals surface area contributed by atoms with E-state index in [1.807, 2.05) is 24.3 Å². The van der Waals surface area contributed by atoms with Gasteiger partial charge in [-0.3, -0.25) is 0 Å². The number of nitrogens with zero attached hydrogens (tertiary/aromatic N) is 2. The second-order valence-electron chi connectivity index (χ2n) is 2.95. The van der Waals surface area contributed by atoms with Gasteiger partial charge in [-0.05, 0) is 23.7 Å². The molecule has 0 aliphatic heterocycles. The normalized spacial score (nSPS) is 10.3. The van der Waals surface area contributed by atoms with Crippen molar-refractivity contribution in [2.45, 2.75) is 6.54 Å². The average Bonchev–Trinajstić information content (AvgIpc) is 2.76. The van der Waals surface area contributed by atoms with Crippen molar-refractivity contribution in [1.82, 2.24) is 9.59 Å². The maximum atomic E-state index is 5.61. The third kappa shape index (κ3) is 1.84. The molecule has 0 aliphatic rings. The van der Waals surface area contributed by atoms with Crippen LogP contribution in [0.15, 0.2) is 24.3 Å². The standard InChI is InChI=1S/C10H11N3OS/c1-14-8-5-3-2-4-7(8)10-9(6-11)15-13-12-10/h2-5H,6,11H2,1H3. The fourth-order valence-corrected chi connectivity index (χ4v) is 1.92. The molecule has 0 bridgehead atoms. The highest BCUT2D eigenvalue weighted by Crippen LogP contribution is 2.31. The van der Waals surface area contributed by atoms with Crippen LogP contribution in [-0.4, -0.2) is 16.7 Å². The summed E-state index contributed by atoms with van der Waals surface area (Å²) in [4.78, 5) is 0.972. The van der Waals surface area contributed by atoms with Crippen LogP contribution in [0.3, 0.4) is 0 Å². The van der Waals surface area contributed by atoms with E-state index in [0.717, 1.165) is 21.9 Å². The Hall–Kier alpha value is -1.46. The number of aromatic nitrogens is 2. The molecule has 1 aromatic heterocycles. The molecule has 0 unspecified atom stereocenters. The summed E-state index contributed by atoms with van der Waals surface area (Å²) in [7, 11) is 1.64. The summed E-state index contributed by atoms with van der Waals surface area (Å²) in [5.41, 5.74) is 7.37. The first-order valence-electron chi connectivity index (χ1n) is 4.51. The number of hydrogen-bond acceptors (Lipinski definition) is 5. The Bertz CT molecular complexity index is 455. The SMILES string of the molecule is COc1ccccc1-c1nnsc1CN. The molecule has 0 radical (unpaired) electrons. The van der Waals surface area contributed by atoms with E-state index in [0.29, 0.717) is 6.54 Å². The Balaban J connectivity index is 2.53. The van der Waals surface area contributed by atoms with Crippen LogP contribution in [0.1, 0.15) is 4.88 Å². The van der Waals surface area contributed by atoms with Gasteiger partial charge in [-0.15, -0.1) is 5.10 Å². The van der Waals surface area contributed by atoms with Crippen molar-refractivity contribution in [1.29, 1.82) is 0 Å². The monoisotopic (exact) mass is 221 g/mol. The van der Waals surface area contributed by atoms with Crippen LogP contribution in [-0.2, 0) is 6.54 Å². The first-order valence-corrected chi connectivity index (χ1v) is 5.29. The van der Waals surface area contributed by atoms with Gasteiger partial charge in [0.15, 0.2) is 0 Å². The Morgan fingerprint density at radius 1 is 1.40 bits per heavy atom. The average molecular weight is 221 g/mol. The molecule has 78 valence electrons. The van der Waals surface area contributed by atoms with Crippen molar-refractivity contribution in [2.24, 2.45) is 5.73 Å². The first-order chi connectivity index (χ1) is 7.36. The fourth-order valence-electron chi connectivity index (χ4n) is 1.39. The Morgan fingerprint density at radius 3 is 2.93 bits per heavy atom. The summed E-state index contributed by atoms with van der Waals surface area (Å²) in [6.45, 7) is 0.449. The number of benzene rings is 1. The molecule has 0 spiro atoms. The van der Waals surface area contributed by atoms with Crippen LogP contribution in [0.2, 0.25) is 0 Å². The largest absolute Gasteiger partial charge is 0.496 e. The van der Waals surface area contributed by atoms with E-state index in [4.69, 9.17) is 10.5 Å². The van der Waals surface area contributed by atoms with Gasteiger partial charge in [0.1, 0.15) is 11.4 Å². The molecule has 5 heteroatoms. The molecule has 0 atom stereocenters. The Labute approximate surface area is 91.9 Å². The van der Waals surface area contributed by atoms with Gasteiger partial charge in [0, 0.05) is 12.1 Å². The molecule has 2 aromatic rings. The zero-order valence-corrected chi connectivity index (χ0v) is 9.12. The van der Waals surface area contributed by atoms with Gasteiger partial charge < -0.3 is 10.5 Å². The lowest BCUT2D eigenvalue weighted by atomic mass is 10.1. The highest BCUT2D eigenvalue weighted by molar-refractivity contribution is 7.05. The van der Waals surface area contributed by atoms with Crippen molar-refractivity contribution >= 4 is 11.5 Å². The lowest BCUT2D eigenvalue weighted by Gasteiger charge is -2.05. The zero-order chi connectivity index (χ0) is 10.7. The second kappa shape index (κ2) is 4.37. The van der Waals surface area contributed by atoms with Gasteiger partial charge in [-0.2, -0.15) is 0 Å². The molecule has 0 saturated heterocycles. The van der Waals surface area contributed by atoms with Gasteiger partial charge in [0.25, 0.3) is 0 Å². The molecule has 0 amide bonds. The molecule has 0 fully saturated rings. The van der Waals surface area contributed by atoms with Crippen LogP contribution in [0.25, 0.3) is 11.3 Å². The van der Waals surface area contributed by atoms with Crippen LogP contribution in [0.4, 0.5) is 0 Å². The molecule has 1 aromatic carbocycles. The lowest BCUT2D eigenvalue weighted by molar-refractivity contribution is 0.416. The van der Waals surface area contributed by atoms with Gasteiger partial charge in [-0.25, -0.2) is 0 Å². The molecule has 2 rings (SSSR count). The third-order valence-corrected chi connectivity index (χ3v) is 2.85. The molecule has 1 heterocycles. The number of ether oxygens (including phenoxy) is 1. The minimum absolute atomic E-state index is 0.449. The zero-order valence-electron chi connectivity index (χ0n) is 8.30. The summed E-state index contributed by atoms with van der Waals surface area (Å²) in [5, 5.41) is 4.07. The molecular formula is C10H11N3OS. The summed E-state index contributed by atoms with van der Waals surface area (Å²) in [6.07, 6.45) is 0. The van der Waals surface area contributed by atoms with Crippen LogP contribution in [0.5, 0.6) is 5.75 Å². The van der Waals surface area contributed by atoms with Crippen molar-refractivity contribution in [3.8, 4) is 17.0 Å². The molecule has 4 nitrogen and oxygen atoms in total. The van der Waals surface area contributed by atoms with Crippen LogP contribution in [0, 0.1) is 0 Å². The van der Waals surface area contributed by atoms with Crippen molar-refractivity contribution < 1.29 is 4.74 Å². The molecular weight excluding hydrogens is 210 g/mol. The third-order valence-electron chi connectivity index (χ3n) is 2.10. The van der Waals surface area contributed by atoms with E-state index < -0.39 is 0 Å². The summed E-state index contributed by atoms with van der Waals surface area (Å²) in [6, 6.07) is 7.71. The maximum Gasteiger partial charge on any atom is 0.128 e.